The maximum absolute atomic E-state index is 8.47. The van der Waals surface area contributed by atoms with Gasteiger partial charge in [-0.3, -0.25) is 0 Å². The molecule has 1 unspecified atom stereocenters. The Morgan fingerprint density at radius 3 is 2.62 bits per heavy atom. The smallest absolute Gasteiger partial charge is 0.0621 e. The predicted octanol–water partition coefficient (Wildman–Crippen LogP) is 3.90. The number of nitriles is 1. The lowest BCUT2D eigenvalue weighted by Gasteiger charge is -2.24. The lowest BCUT2D eigenvalue weighted by atomic mass is 9.82. The van der Waals surface area contributed by atoms with Crippen molar-refractivity contribution in [3.63, 3.8) is 0 Å². The molecule has 74 valence electrons. The Labute approximate surface area is 82.1 Å². The highest BCUT2D eigenvalue weighted by Gasteiger charge is 2.15. The molecule has 0 amide bonds. The van der Waals surface area contributed by atoms with Gasteiger partial charge in [0.1, 0.15) is 0 Å². The Kier molecular flexibility index (Phi) is 4.90. The van der Waals surface area contributed by atoms with Crippen molar-refractivity contribution in [3.05, 3.63) is 0 Å². The Morgan fingerprint density at radius 1 is 1.31 bits per heavy atom. The van der Waals surface area contributed by atoms with Crippen LogP contribution in [0, 0.1) is 23.2 Å². The highest BCUT2D eigenvalue weighted by Crippen LogP contribution is 2.30. The van der Waals surface area contributed by atoms with Crippen LogP contribution in [0.1, 0.15) is 58.3 Å². The van der Waals surface area contributed by atoms with Crippen molar-refractivity contribution in [2.75, 3.05) is 0 Å². The molecule has 1 saturated carbocycles. The van der Waals surface area contributed by atoms with Gasteiger partial charge in [-0.15, -0.1) is 0 Å². The summed E-state index contributed by atoms with van der Waals surface area (Å²) in [6.07, 6.45) is 10.4. The standard InChI is InChI=1S/C12H21N/c1-11(6-5-9-13)10-12-7-3-2-4-8-12/h11-12H,2-8,10H2,1H3. The van der Waals surface area contributed by atoms with Gasteiger partial charge in [0.15, 0.2) is 0 Å². The molecule has 13 heavy (non-hydrogen) atoms. The van der Waals surface area contributed by atoms with Crippen LogP contribution in [-0.4, -0.2) is 0 Å². The molecular formula is C12H21N. The molecule has 1 atom stereocenters. The van der Waals surface area contributed by atoms with E-state index in [2.05, 4.69) is 13.0 Å². The second-order valence-electron chi connectivity index (χ2n) is 4.54. The molecule has 1 aliphatic carbocycles. The summed E-state index contributed by atoms with van der Waals surface area (Å²) in [7, 11) is 0. The minimum atomic E-state index is 0.744. The Balaban J connectivity index is 2.11. The first kappa shape index (κ1) is 10.6. The summed E-state index contributed by atoms with van der Waals surface area (Å²) >= 11 is 0. The normalized spacial score (nSPS) is 20.9. The van der Waals surface area contributed by atoms with Crippen molar-refractivity contribution in [2.24, 2.45) is 11.8 Å². The zero-order valence-electron chi connectivity index (χ0n) is 8.76. The first-order valence-corrected chi connectivity index (χ1v) is 5.70. The lowest BCUT2D eigenvalue weighted by molar-refractivity contribution is 0.290. The molecule has 1 heteroatoms. The van der Waals surface area contributed by atoms with Crippen LogP contribution in [0.2, 0.25) is 0 Å². The van der Waals surface area contributed by atoms with Gasteiger partial charge in [-0.2, -0.15) is 5.26 Å². The molecule has 1 nitrogen and oxygen atoms in total. The second kappa shape index (κ2) is 6.02. The van der Waals surface area contributed by atoms with E-state index in [1.165, 1.54) is 38.5 Å². The topological polar surface area (TPSA) is 23.8 Å². The van der Waals surface area contributed by atoms with Crippen molar-refractivity contribution in [2.45, 2.75) is 58.3 Å². The molecule has 0 spiro atoms. The summed E-state index contributed by atoms with van der Waals surface area (Å²) in [4.78, 5) is 0. The van der Waals surface area contributed by atoms with Gasteiger partial charge >= 0.3 is 0 Å². The van der Waals surface area contributed by atoms with Crippen LogP contribution in [0.3, 0.4) is 0 Å². The van der Waals surface area contributed by atoms with E-state index in [1.807, 2.05) is 0 Å². The minimum Gasteiger partial charge on any atom is -0.198 e. The van der Waals surface area contributed by atoms with Gasteiger partial charge in [-0.05, 0) is 24.7 Å². The van der Waals surface area contributed by atoms with Crippen LogP contribution < -0.4 is 0 Å². The van der Waals surface area contributed by atoms with E-state index in [9.17, 15) is 0 Å². The molecular weight excluding hydrogens is 158 g/mol. The summed E-state index contributed by atoms with van der Waals surface area (Å²) in [5, 5.41) is 8.47. The van der Waals surface area contributed by atoms with Crippen LogP contribution in [0.5, 0.6) is 0 Å². The molecule has 0 saturated heterocycles. The van der Waals surface area contributed by atoms with E-state index in [-0.39, 0.29) is 0 Å². The molecule has 0 aliphatic heterocycles. The average Bonchev–Trinajstić information content (AvgIpc) is 2.16. The Hall–Kier alpha value is -0.510. The van der Waals surface area contributed by atoms with Gasteiger partial charge < -0.3 is 0 Å². The highest BCUT2D eigenvalue weighted by atomic mass is 14.2. The number of hydrogen-bond acceptors (Lipinski definition) is 1. The van der Waals surface area contributed by atoms with Gasteiger partial charge in [0.2, 0.25) is 0 Å². The monoisotopic (exact) mass is 179 g/mol. The molecule has 0 heterocycles. The lowest BCUT2D eigenvalue weighted by Crippen LogP contribution is -2.10. The van der Waals surface area contributed by atoms with E-state index in [1.54, 1.807) is 0 Å². The summed E-state index contributed by atoms with van der Waals surface area (Å²) < 4.78 is 0. The van der Waals surface area contributed by atoms with E-state index >= 15 is 0 Å². The fourth-order valence-electron chi connectivity index (χ4n) is 2.42. The SMILES string of the molecule is CC(CCC#N)CC1CCCCC1. The quantitative estimate of drug-likeness (QED) is 0.642. The highest BCUT2D eigenvalue weighted by molar-refractivity contribution is 4.73. The van der Waals surface area contributed by atoms with Gasteiger partial charge in [0.25, 0.3) is 0 Å². The number of nitrogens with zero attached hydrogens (tertiary/aromatic N) is 1. The van der Waals surface area contributed by atoms with Gasteiger partial charge in [0.05, 0.1) is 6.07 Å². The summed E-state index contributed by atoms with van der Waals surface area (Å²) in [5.41, 5.74) is 0. The van der Waals surface area contributed by atoms with E-state index in [0.717, 1.165) is 24.7 Å². The third-order valence-corrected chi connectivity index (χ3v) is 3.21. The molecule has 1 rings (SSSR count). The van der Waals surface area contributed by atoms with Gasteiger partial charge in [-0.25, -0.2) is 0 Å². The Bertz CT molecular complexity index is 162. The second-order valence-corrected chi connectivity index (χ2v) is 4.54. The van der Waals surface area contributed by atoms with Crippen molar-refractivity contribution in [1.29, 1.82) is 5.26 Å². The number of hydrogen-bond donors (Lipinski definition) is 0. The van der Waals surface area contributed by atoms with Gasteiger partial charge in [-0.1, -0.05) is 39.0 Å². The zero-order chi connectivity index (χ0) is 9.52. The third-order valence-electron chi connectivity index (χ3n) is 3.21. The molecule has 1 fully saturated rings. The van der Waals surface area contributed by atoms with E-state index in [0.29, 0.717) is 0 Å². The molecule has 0 aromatic carbocycles. The molecule has 0 N–H and O–H groups in total. The summed E-state index contributed by atoms with van der Waals surface area (Å²) in [6, 6.07) is 2.24. The zero-order valence-corrected chi connectivity index (χ0v) is 8.76. The van der Waals surface area contributed by atoms with Gasteiger partial charge in [0, 0.05) is 6.42 Å². The maximum atomic E-state index is 8.47. The van der Waals surface area contributed by atoms with Crippen LogP contribution in [0.4, 0.5) is 0 Å². The fraction of sp³-hybridized carbons (Fsp3) is 0.917. The third kappa shape index (κ3) is 4.31. The fourth-order valence-corrected chi connectivity index (χ4v) is 2.42. The van der Waals surface area contributed by atoms with Crippen LogP contribution in [0.25, 0.3) is 0 Å². The predicted molar refractivity (Wildman–Crippen MR) is 55.2 cm³/mol. The van der Waals surface area contributed by atoms with Crippen LogP contribution in [-0.2, 0) is 0 Å². The first-order valence-electron chi connectivity index (χ1n) is 5.70. The molecule has 0 radical (unpaired) electrons. The van der Waals surface area contributed by atoms with Crippen LogP contribution in [0.15, 0.2) is 0 Å². The summed E-state index contributed by atoms with van der Waals surface area (Å²) in [5.74, 6) is 1.74. The molecule has 0 aromatic rings. The largest absolute Gasteiger partial charge is 0.198 e. The molecule has 0 aromatic heterocycles. The van der Waals surface area contributed by atoms with Crippen molar-refractivity contribution >= 4 is 0 Å². The van der Waals surface area contributed by atoms with E-state index < -0.39 is 0 Å². The van der Waals surface area contributed by atoms with Crippen molar-refractivity contribution in [1.82, 2.24) is 0 Å². The number of rotatable bonds is 4. The average molecular weight is 179 g/mol. The van der Waals surface area contributed by atoms with E-state index in [4.69, 9.17) is 5.26 Å². The van der Waals surface area contributed by atoms with Crippen molar-refractivity contribution in [3.8, 4) is 6.07 Å². The molecule has 0 bridgehead atoms. The summed E-state index contributed by atoms with van der Waals surface area (Å²) in [6.45, 7) is 2.30. The van der Waals surface area contributed by atoms with Crippen LogP contribution >= 0.6 is 0 Å². The first-order chi connectivity index (χ1) is 6.33. The van der Waals surface area contributed by atoms with Crippen molar-refractivity contribution < 1.29 is 0 Å². The maximum Gasteiger partial charge on any atom is 0.0621 e. The molecule has 1 aliphatic rings. The Morgan fingerprint density at radius 2 is 2.00 bits per heavy atom. The minimum absolute atomic E-state index is 0.744.